The summed E-state index contributed by atoms with van der Waals surface area (Å²) >= 11 is 0. The zero-order valence-corrected chi connectivity index (χ0v) is 10.9. The van der Waals surface area contributed by atoms with Crippen molar-refractivity contribution in [3.8, 4) is 11.3 Å². The molecule has 0 radical (unpaired) electrons. The SMILES string of the molecule is CCn1c(-c2ccc(C)cc2)cc2ccccc21. The summed E-state index contributed by atoms with van der Waals surface area (Å²) in [6, 6.07) is 19.6. The molecule has 1 heterocycles. The lowest BCUT2D eigenvalue weighted by Gasteiger charge is -2.08. The van der Waals surface area contributed by atoms with Gasteiger partial charge in [-0.2, -0.15) is 0 Å². The molecule has 18 heavy (non-hydrogen) atoms. The Morgan fingerprint density at radius 1 is 0.944 bits per heavy atom. The van der Waals surface area contributed by atoms with E-state index in [1.165, 1.54) is 27.7 Å². The molecule has 0 unspecified atom stereocenters. The molecule has 2 aromatic carbocycles. The minimum atomic E-state index is 0.997. The third kappa shape index (κ3) is 1.72. The number of hydrogen-bond acceptors (Lipinski definition) is 0. The Hall–Kier alpha value is -2.02. The largest absolute Gasteiger partial charge is 0.341 e. The molecule has 0 saturated carbocycles. The molecular formula is C17H17N. The van der Waals surface area contributed by atoms with E-state index in [0.717, 1.165) is 6.54 Å². The summed E-state index contributed by atoms with van der Waals surface area (Å²) in [5.41, 5.74) is 5.21. The van der Waals surface area contributed by atoms with Gasteiger partial charge >= 0.3 is 0 Å². The number of aryl methyl sites for hydroxylation is 2. The molecular weight excluding hydrogens is 218 g/mol. The second-order valence-electron chi connectivity index (χ2n) is 4.70. The first-order chi connectivity index (χ1) is 8.79. The molecule has 0 aliphatic heterocycles. The van der Waals surface area contributed by atoms with Crippen molar-refractivity contribution in [1.82, 2.24) is 4.57 Å². The number of fused-ring (bicyclic) bond motifs is 1. The van der Waals surface area contributed by atoms with Gasteiger partial charge in [0.05, 0.1) is 0 Å². The summed E-state index contributed by atoms with van der Waals surface area (Å²) in [5.74, 6) is 0. The van der Waals surface area contributed by atoms with Gasteiger partial charge in [0.2, 0.25) is 0 Å². The number of nitrogens with zero attached hydrogens (tertiary/aromatic N) is 1. The van der Waals surface area contributed by atoms with Gasteiger partial charge in [-0.3, -0.25) is 0 Å². The first-order valence-corrected chi connectivity index (χ1v) is 6.45. The highest BCUT2D eigenvalue weighted by Gasteiger charge is 2.08. The topological polar surface area (TPSA) is 4.93 Å². The minimum absolute atomic E-state index is 0.997. The fourth-order valence-electron chi connectivity index (χ4n) is 2.51. The molecule has 0 amide bonds. The maximum absolute atomic E-state index is 2.38. The van der Waals surface area contributed by atoms with Crippen LogP contribution in [0.4, 0.5) is 0 Å². The zero-order valence-electron chi connectivity index (χ0n) is 10.9. The molecule has 0 atom stereocenters. The van der Waals surface area contributed by atoms with Gasteiger partial charge < -0.3 is 4.57 Å². The van der Waals surface area contributed by atoms with Gasteiger partial charge in [-0.25, -0.2) is 0 Å². The summed E-state index contributed by atoms with van der Waals surface area (Å²) in [6.45, 7) is 5.32. The van der Waals surface area contributed by atoms with Crippen LogP contribution in [0.5, 0.6) is 0 Å². The third-order valence-corrected chi connectivity index (χ3v) is 3.47. The second-order valence-corrected chi connectivity index (χ2v) is 4.70. The Bertz CT molecular complexity index is 674. The summed E-state index contributed by atoms with van der Waals surface area (Å²) in [6.07, 6.45) is 0. The van der Waals surface area contributed by atoms with E-state index in [1.54, 1.807) is 0 Å². The minimum Gasteiger partial charge on any atom is -0.341 e. The first-order valence-electron chi connectivity index (χ1n) is 6.45. The van der Waals surface area contributed by atoms with Crippen LogP contribution in [0.2, 0.25) is 0 Å². The highest BCUT2D eigenvalue weighted by atomic mass is 15.0. The Labute approximate surface area is 108 Å². The molecule has 0 N–H and O–H groups in total. The molecule has 0 saturated heterocycles. The lowest BCUT2D eigenvalue weighted by atomic mass is 10.1. The third-order valence-electron chi connectivity index (χ3n) is 3.47. The quantitative estimate of drug-likeness (QED) is 0.610. The van der Waals surface area contributed by atoms with Gasteiger partial charge in [0.25, 0.3) is 0 Å². The standard InChI is InChI=1S/C17H17N/c1-3-18-16-7-5-4-6-15(16)12-17(18)14-10-8-13(2)9-11-14/h4-12H,3H2,1-2H3. The molecule has 3 rings (SSSR count). The molecule has 1 heteroatoms. The van der Waals surface area contributed by atoms with Crippen molar-refractivity contribution in [3.63, 3.8) is 0 Å². The van der Waals surface area contributed by atoms with Crippen LogP contribution in [0.25, 0.3) is 22.2 Å². The van der Waals surface area contributed by atoms with E-state index in [9.17, 15) is 0 Å². The van der Waals surface area contributed by atoms with Crippen LogP contribution in [0.1, 0.15) is 12.5 Å². The number of hydrogen-bond donors (Lipinski definition) is 0. The van der Waals surface area contributed by atoms with E-state index >= 15 is 0 Å². The molecule has 0 bridgehead atoms. The molecule has 0 fully saturated rings. The zero-order chi connectivity index (χ0) is 12.5. The van der Waals surface area contributed by atoms with Crippen molar-refractivity contribution in [1.29, 1.82) is 0 Å². The average molecular weight is 235 g/mol. The fourth-order valence-corrected chi connectivity index (χ4v) is 2.51. The molecule has 1 aromatic heterocycles. The summed E-state index contributed by atoms with van der Waals surface area (Å²) < 4.78 is 2.38. The molecule has 0 spiro atoms. The van der Waals surface area contributed by atoms with Crippen LogP contribution in [-0.4, -0.2) is 4.57 Å². The maximum Gasteiger partial charge on any atom is 0.0491 e. The smallest absolute Gasteiger partial charge is 0.0491 e. The van der Waals surface area contributed by atoms with Crippen LogP contribution in [0.15, 0.2) is 54.6 Å². The molecule has 0 aliphatic carbocycles. The van der Waals surface area contributed by atoms with Crippen molar-refractivity contribution in [2.45, 2.75) is 20.4 Å². The van der Waals surface area contributed by atoms with Crippen LogP contribution in [0.3, 0.4) is 0 Å². The van der Waals surface area contributed by atoms with Crippen LogP contribution in [0, 0.1) is 6.92 Å². The Balaban J connectivity index is 2.25. The van der Waals surface area contributed by atoms with E-state index in [1.807, 2.05) is 0 Å². The lowest BCUT2D eigenvalue weighted by molar-refractivity contribution is 0.805. The number of para-hydroxylation sites is 1. The predicted molar refractivity (Wildman–Crippen MR) is 77.8 cm³/mol. The van der Waals surface area contributed by atoms with Crippen molar-refractivity contribution in [2.75, 3.05) is 0 Å². The van der Waals surface area contributed by atoms with Gasteiger partial charge in [0.15, 0.2) is 0 Å². The molecule has 0 aliphatic rings. The molecule has 1 nitrogen and oxygen atoms in total. The summed E-state index contributed by atoms with van der Waals surface area (Å²) in [5, 5.41) is 1.31. The fraction of sp³-hybridized carbons (Fsp3) is 0.176. The first kappa shape index (κ1) is 11.1. The van der Waals surface area contributed by atoms with Gasteiger partial charge in [0.1, 0.15) is 0 Å². The monoisotopic (exact) mass is 235 g/mol. The van der Waals surface area contributed by atoms with Crippen LogP contribution < -0.4 is 0 Å². The van der Waals surface area contributed by atoms with E-state index in [2.05, 4.69) is 73.0 Å². The highest BCUT2D eigenvalue weighted by molar-refractivity contribution is 5.87. The van der Waals surface area contributed by atoms with Crippen molar-refractivity contribution in [3.05, 3.63) is 60.2 Å². The maximum atomic E-state index is 2.38. The highest BCUT2D eigenvalue weighted by Crippen LogP contribution is 2.28. The molecule has 90 valence electrons. The summed E-state index contributed by atoms with van der Waals surface area (Å²) in [4.78, 5) is 0. The van der Waals surface area contributed by atoms with Gasteiger partial charge in [0, 0.05) is 23.1 Å². The van der Waals surface area contributed by atoms with E-state index < -0.39 is 0 Å². The number of rotatable bonds is 2. The Kier molecular flexibility index (Phi) is 2.67. The van der Waals surface area contributed by atoms with Crippen LogP contribution >= 0.6 is 0 Å². The van der Waals surface area contributed by atoms with E-state index in [4.69, 9.17) is 0 Å². The Morgan fingerprint density at radius 2 is 1.67 bits per heavy atom. The lowest BCUT2D eigenvalue weighted by Crippen LogP contribution is -1.96. The summed E-state index contributed by atoms with van der Waals surface area (Å²) in [7, 11) is 0. The van der Waals surface area contributed by atoms with Crippen molar-refractivity contribution in [2.24, 2.45) is 0 Å². The van der Waals surface area contributed by atoms with E-state index in [0.29, 0.717) is 0 Å². The van der Waals surface area contributed by atoms with Crippen molar-refractivity contribution >= 4 is 10.9 Å². The van der Waals surface area contributed by atoms with Crippen molar-refractivity contribution < 1.29 is 0 Å². The van der Waals surface area contributed by atoms with Gasteiger partial charge in [-0.05, 0) is 31.5 Å². The number of aromatic nitrogens is 1. The normalized spacial score (nSPS) is 11.0. The molecule has 3 aromatic rings. The second kappa shape index (κ2) is 4.34. The Morgan fingerprint density at radius 3 is 2.39 bits per heavy atom. The van der Waals surface area contributed by atoms with Gasteiger partial charge in [-0.1, -0.05) is 48.0 Å². The number of benzene rings is 2. The van der Waals surface area contributed by atoms with Crippen LogP contribution in [-0.2, 0) is 6.54 Å². The predicted octanol–water partition coefficient (Wildman–Crippen LogP) is 4.64. The van der Waals surface area contributed by atoms with Gasteiger partial charge in [-0.15, -0.1) is 0 Å². The van der Waals surface area contributed by atoms with E-state index in [-0.39, 0.29) is 0 Å². The average Bonchev–Trinajstić information content (AvgIpc) is 2.78.